The SMILES string of the molecule is CC[C@H](C)NC(=O)[C@@H](C)N(Cc1ccccc1)C(=O)CSCc1ccccc1C. The maximum atomic E-state index is 13.0. The van der Waals surface area contributed by atoms with E-state index in [1.54, 1.807) is 16.7 Å². The zero-order chi connectivity index (χ0) is 21.2. The standard InChI is InChI=1S/C24H32N2O2S/c1-5-19(3)25-24(28)20(4)26(15-21-12-7-6-8-13-21)23(27)17-29-16-22-14-10-9-11-18(22)2/h6-14,19-20H,5,15-17H2,1-4H3,(H,25,28)/t19-,20+/m0/s1. The number of carbonyl (C=O) groups is 2. The molecule has 0 aromatic heterocycles. The van der Waals surface area contributed by atoms with E-state index in [-0.39, 0.29) is 17.9 Å². The van der Waals surface area contributed by atoms with E-state index in [4.69, 9.17) is 0 Å². The molecule has 0 aliphatic rings. The predicted octanol–water partition coefficient (Wildman–Crippen LogP) is 4.56. The molecule has 2 atom stereocenters. The molecule has 0 radical (unpaired) electrons. The summed E-state index contributed by atoms with van der Waals surface area (Å²) in [5, 5.41) is 3.00. The summed E-state index contributed by atoms with van der Waals surface area (Å²) in [4.78, 5) is 27.4. The Bertz CT molecular complexity index is 794. The van der Waals surface area contributed by atoms with E-state index in [1.165, 1.54) is 11.1 Å². The minimum Gasteiger partial charge on any atom is -0.352 e. The Morgan fingerprint density at radius 3 is 2.34 bits per heavy atom. The summed E-state index contributed by atoms with van der Waals surface area (Å²) in [6, 6.07) is 17.6. The molecule has 0 saturated carbocycles. The zero-order valence-corrected chi connectivity index (χ0v) is 18.7. The second-order valence-corrected chi connectivity index (χ2v) is 8.41. The second-order valence-electron chi connectivity index (χ2n) is 7.42. The van der Waals surface area contributed by atoms with E-state index < -0.39 is 6.04 Å². The number of thioether (sulfide) groups is 1. The molecule has 0 fully saturated rings. The van der Waals surface area contributed by atoms with Gasteiger partial charge < -0.3 is 10.2 Å². The molecule has 0 aliphatic heterocycles. The molecule has 29 heavy (non-hydrogen) atoms. The number of carbonyl (C=O) groups excluding carboxylic acids is 2. The van der Waals surface area contributed by atoms with Crippen LogP contribution in [0.15, 0.2) is 54.6 Å². The minimum atomic E-state index is -0.518. The van der Waals surface area contributed by atoms with Gasteiger partial charge in [0.15, 0.2) is 0 Å². The monoisotopic (exact) mass is 412 g/mol. The molecule has 0 aliphatic carbocycles. The van der Waals surface area contributed by atoms with Gasteiger partial charge in [-0.2, -0.15) is 0 Å². The number of aryl methyl sites for hydroxylation is 1. The maximum absolute atomic E-state index is 13.0. The molecule has 2 rings (SSSR count). The van der Waals surface area contributed by atoms with Crippen molar-refractivity contribution in [2.75, 3.05) is 5.75 Å². The van der Waals surface area contributed by atoms with Gasteiger partial charge >= 0.3 is 0 Å². The van der Waals surface area contributed by atoms with Crippen molar-refractivity contribution in [3.05, 3.63) is 71.3 Å². The lowest BCUT2D eigenvalue weighted by Crippen LogP contribution is -2.50. The fourth-order valence-corrected chi connectivity index (χ4v) is 3.92. The molecule has 0 saturated heterocycles. The molecule has 0 spiro atoms. The molecule has 0 unspecified atom stereocenters. The first-order valence-electron chi connectivity index (χ1n) is 10.2. The molecule has 0 heterocycles. The van der Waals surface area contributed by atoms with Crippen molar-refractivity contribution in [3.8, 4) is 0 Å². The highest BCUT2D eigenvalue weighted by Gasteiger charge is 2.26. The molecule has 2 aromatic rings. The van der Waals surface area contributed by atoms with Crippen molar-refractivity contribution >= 4 is 23.6 Å². The lowest BCUT2D eigenvalue weighted by molar-refractivity contribution is -0.138. The van der Waals surface area contributed by atoms with Crippen LogP contribution in [0.1, 0.15) is 43.9 Å². The average molecular weight is 413 g/mol. The number of nitrogens with one attached hydrogen (secondary N) is 1. The van der Waals surface area contributed by atoms with Gasteiger partial charge in [-0.1, -0.05) is 61.5 Å². The van der Waals surface area contributed by atoms with Crippen LogP contribution < -0.4 is 5.32 Å². The lowest BCUT2D eigenvalue weighted by atomic mass is 10.1. The molecular weight excluding hydrogens is 380 g/mol. The van der Waals surface area contributed by atoms with E-state index in [2.05, 4.69) is 24.4 Å². The van der Waals surface area contributed by atoms with Crippen LogP contribution in [0.4, 0.5) is 0 Å². The predicted molar refractivity (Wildman–Crippen MR) is 122 cm³/mol. The third-order valence-corrected chi connectivity index (χ3v) is 6.07. The molecule has 5 heteroatoms. The van der Waals surface area contributed by atoms with Crippen LogP contribution in [0, 0.1) is 6.92 Å². The first kappa shape index (κ1) is 23.0. The lowest BCUT2D eigenvalue weighted by Gasteiger charge is -2.29. The Balaban J connectivity index is 2.05. The van der Waals surface area contributed by atoms with E-state index in [0.717, 1.165) is 17.7 Å². The number of rotatable bonds is 10. The number of benzene rings is 2. The Morgan fingerprint density at radius 1 is 1.03 bits per heavy atom. The van der Waals surface area contributed by atoms with Gasteiger partial charge in [0.1, 0.15) is 6.04 Å². The van der Waals surface area contributed by atoms with Gasteiger partial charge in [0.25, 0.3) is 0 Å². The molecule has 2 aromatic carbocycles. The fourth-order valence-electron chi connectivity index (χ4n) is 2.93. The van der Waals surface area contributed by atoms with Gasteiger partial charge in [-0.25, -0.2) is 0 Å². The number of hydrogen-bond acceptors (Lipinski definition) is 3. The first-order chi connectivity index (χ1) is 13.9. The van der Waals surface area contributed by atoms with Gasteiger partial charge in [0.05, 0.1) is 5.75 Å². The summed E-state index contributed by atoms with van der Waals surface area (Å²) in [6.07, 6.45) is 0.859. The molecule has 156 valence electrons. The Labute approximate surface area is 179 Å². The van der Waals surface area contributed by atoms with Crippen LogP contribution >= 0.6 is 11.8 Å². The van der Waals surface area contributed by atoms with E-state index >= 15 is 0 Å². The maximum Gasteiger partial charge on any atom is 0.242 e. The van der Waals surface area contributed by atoms with Crippen molar-refractivity contribution in [1.29, 1.82) is 0 Å². The van der Waals surface area contributed by atoms with Crippen LogP contribution in [0.5, 0.6) is 0 Å². The normalized spacial score (nSPS) is 12.8. The third-order valence-electron chi connectivity index (χ3n) is 5.11. The summed E-state index contributed by atoms with van der Waals surface area (Å²) in [6.45, 7) is 8.34. The third kappa shape index (κ3) is 7.24. The van der Waals surface area contributed by atoms with Crippen LogP contribution in [-0.2, 0) is 21.9 Å². The molecule has 1 N–H and O–H groups in total. The summed E-state index contributed by atoms with van der Waals surface area (Å²) in [5.41, 5.74) is 3.49. The van der Waals surface area contributed by atoms with Gasteiger partial charge in [-0.05, 0) is 43.9 Å². The number of nitrogens with zero attached hydrogens (tertiary/aromatic N) is 1. The van der Waals surface area contributed by atoms with Gasteiger partial charge in [-0.3, -0.25) is 9.59 Å². The summed E-state index contributed by atoms with van der Waals surface area (Å²) >= 11 is 1.59. The molecule has 2 amide bonds. The largest absolute Gasteiger partial charge is 0.352 e. The zero-order valence-electron chi connectivity index (χ0n) is 17.9. The van der Waals surface area contributed by atoms with Gasteiger partial charge in [0.2, 0.25) is 11.8 Å². The van der Waals surface area contributed by atoms with Crippen molar-refractivity contribution in [3.63, 3.8) is 0 Å². The summed E-state index contributed by atoms with van der Waals surface area (Å²) in [5.74, 6) is 1.01. The van der Waals surface area contributed by atoms with Crippen LogP contribution in [-0.4, -0.2) is 34.6 Å². The van der Waals surface area contributed by atoms with E-state index in [1.807, 2.05) is 63.2 Å². The summed E-state index contributed by atoms with van der Waals surface area (Å²) in [7, 11) is 0. The van der Waals surface area contributed by atoms with E-state index in [0.29, 0.717) is 12.3 Å². The first-order valence-corrected chi connectivity index (χ1v) is 11.3. The van der Waals surface area contributed by atoms with Crippen LogP contribution in [0.25, 0.3) is 0 Å². The summed E-state index contributed by atoms with van der Waals surface area (Å²) < 4.78 is 0. The number of amides is 2. The Morgan fingerprint density at radius 2 is 1.69 bits per heavy atom. The van der Waals surface area contributed by atoms with Crippen molar-refractivity contribution in [2.24, 2.45) is 0 Å². The van der Waals surface area contributed by atoms with Gasteiger partial charge in [0, 0.05) is 18.3 Å². The van der Waals surface area contributed by atoms with Crippen molar-refractivity contribution in [2.45, 2.75) is 58.5 Å². The average Bonchev–Trinajstić information content (AvgIpc) is 2.73. The minimum absolute atomic E-state index is 0.0146. The highest BCUT2D eigenvalue weighted by molar-refractivity contribution is 7.99. The van der Waals surface area contributed by atoms with Crippen molar-refractivity contribution < 1.29 is 9.59 Å². The Kier molecular flexibility index (Phi) is 9.26. The number of hydrogen-bond donors (Lipinski definition) is 1. The molecular formula is C24H32N2O2S. The fraction of sp³-hybridized carbons (Fsp3) is 0.417. The smallest absolute Gasteiger partial charge is 0.242 e. The Hall–Kier alpha value is -2.27. The molecule has 4 nitrogen and oxygen atoms in total. The second kappa shape index (κ2) is 11.7. The highest BCUT2D eigenvalue weighted by atomic mass is 32.2. The quantitative estimate of drug-likeness (QED) is 0.622. The van der Waals surface area contributed by atoms with Crippen LogP contribution in [0.2, 0.25) is 0 Å². The molecule has 0 bridgehead atoms. The van der Waals surface area contributed by atoms with Crippen LogP contribution in [0.3, 0.4) is 0 Å². The highest BCUT2D eigenvalue weighted by Crippen LogP contribution is 2.18. The van der Waals surface area contributed by atoms with E-state index in [9.17, 15) is 9.59 Å². The van der Waals surface area contributed by atoms with Crippen molar-refractivity contribution in [1.82, 2.24) is 10.2 Å². The topological polar surface area (TPSA) is 49.4 Å². The van der Waals surface area contributed by atoms with Gasteiger partial charge in [-0.15, -0.1) is 11.8 Å².